The lowest BCUT2D eigenvalue weighted by atomic mass is 10.0. The smallest absolute Gasteiger partial charge is 0.388 e. The first-order valence-corrected chi connectivity index (χ1v) is 5.61. The second-order valence-corrected chi connectivity index (χ2v) is 4.39. The Balaban J connectivity index is 2.54. The topological polar surface area (TPSA) is 67.3 Å². The summed E-state index contributed by atoms with van der Waals surface area (Å²) in [6.45, 7) is 2.11. The van der Waals surface area contributed by atoms with Gasteiger partial charge in [-0.05, 0) is 19.1 Å². The van der Waals surface area contributed by atoms with Crippen LogP contribution in [0.25, 0.3) is 0 Å². The van der Waals surface area contributed by atoms with Crippen LogP contribution >= 0.6 is 0 Å². The van der Waals surface area contributed by atoms with Crippen molar-refractivity contribution in [2.45, 2.75) is 25.1 Å². The molecule has 8 heteroatoms. The van der Waals surface area contributed by atoms with Crippen molar-refractivity contribution in [1.29, 1.82) is 0 Å². The van der Waals surface area contributed by atoms with Gasteiger partial charge in [-0.25, -0.2) is 0 Å². The van der Waals surface area contributed by atoms with Crippen molar-refractivity contribution in [1.82, 2.24) is 10.2 Å². The Bertz CT molecular complexity index is 393. The fraction of sp³-hybridized carbons (Fsp3) is 0.636. The van der Waals surface area contributed by atoms with Gasteiger partial charge in [0.1, 0.15) is 5.82 Å². The number of methoxy groups -OCH3 is 1. The molecule has 2 N–H and O–H groups in total. The Morgan fingerprint density at radius 1 is 1.32 bits per heavy atom. The summed E-state index contributed by atoms with van der Waals surface area (Å²) in [6, 6.07) is 2.00. The van der Waals surface area contributed by atoms with Gasteiger partial charge in [0.05, 0.1) is 5.60 Å². The molecule has 5 nitrogen and oxygen atoms in total. The Kier molecular flexibility index (Phi) is 5.07. The van der Waals surface area contributed by atoms with Crippen molar-refractivity contribution < 1.29 is 23.0 Å². The van der Waals surface area contributed by atoms with Crippen LogP contribution in [-0.4, -0.2) is 41.2 Å². The normalized spacial score (nSPS) is 15.1. The van der Waals surface area contributed by atoms with Crippen molar-refractivity contribution in [2.24, 2.45) is 0 Å². The second-order valence-electron chi connectivity index (χ2n) is 4.39. The summed E-state index contributed by atoms with van der Waals surface area (Å²) in [5.74, 6) is 0.172. The molecule has 0 amide bonds. The highest BCUT2D eigenvalue weighted by atomic mass is 19.4. The molecule has 0 aromatic carbocycles. The third-order valence-corrected chi connectivity index (χ3v) is 2.45. The first kappa shape index (κ1) is 15.6. The minimum absolute atomic E-state index is 0.135. The molecule has 0 aliphatic heterocycles. The molecule has 1 unspecified atom stereocenters. The van der Waals surface area contributed by atoms with Gasteiger partial charge in [-0.3, -0.25) is 0 Å². The van der Waals surface area contributed by atoms with Gasteiger partial charge in [-0.1, -0.05) is 0 Å². The molecule has 108 valence electrons. The molecular weight excluding hydrogens is 263 g/mol. The molecule has 0 aliphatic carbocycles. The maximum atomic E-state index is 12.3. The molecule has 1 aromatic heterocycles. The van der Waals surface area contributed by atoms with Gasteiger partial charge in [0.25, 0.3) is 0 Å². The van der Waals surface area contributed by atoms with Gasteiger partial charge >= 0.3 is 6.18 Å². The summed E-state index contributed by atoms with van der Waals surface area (Å²) in [4.78, 5) is 0. The maximum Gasteiger partial charge on any atom is 0.435 e. The molecule has 0 radical (unpaired) electrons. The van der Waals surface area contributed by atoms with Crippen LogP contribution in [0.4, 0.5) is 19.0 Å². The van der Waals surface area contributed by atoms with Gasteiger partial charge in [0.15, 0.2) is 5.69 Å². The molecule has 1 rings (SSSR count). The first-order chi connectivity index (χ1) is 8.74. The van der Waals surface area contributed by atoms with Crippen LogP contribution in [0.15, 0.2) is 12.1 Å². The minimum atomic E-state index is -4.50. The molecule has 19 heavy (non-hydrogen) atoms. The zero-order valence-corrected chi connectivity index (χ0v) is 10.7. The van der Waals surface area contributed by atoms with Gasteiger partial charge in [0, 0.05) is 26.7 Å². The molecule has 0 fully saturated rings. The maximum absolute atomic E-state index is 12.3. The molecule has 1 atom stereocenters. The van der Waals surface area contributed by atoms with Gasteiger partial charge in [-0.15, -0.1) is 10.2 Å². The van der Waals surface area contributed by atoms with Crippen LogP contribution in [0.5, 0.6) is 0 Å². The molecule has 0 saturated carbocycles. The molecule has 0 bridgehead atoms. The van der Waals surface area contributed by atoms with E-state index in [1.165, 1.54) is 13.2 Å². The Morgan fingerprint density at radius 2 is 2.00 bits per heavy atom. The number of anilines is 1. The molecule has 1 heterocycles. The van der Waals surface area contributed by atoms with E-state index in [0.717, 1.165) is 6.07 Å². The molecule has 0 spiro atoms. The number of alkyl halides is 3. The summed E-state index contributed by atoms with van der Waals surface area (Å²) >= 11 is 0. The fourth-order valence-corrected chi connectivity index (χ4v) is 1.27. The quantitative estimate of drug-likeness (QED) is 0.829. The number of nitrogens with one attached hydrogen (secondary N) is 1. The second kappa shape index (κ2) is 6.16. The number of nitrogens with zero attached hydrogens (tertiary/aromatic N) is 2. The molecule has 0 saturated heterocycles. The van der Waals surface area contributed by atoms with E-state index in [2.05, 4.69) is 15.5 Å². The molecule has 1 aromatic rings. The average Bonchev–Trinajstić information content (AvgIpc) is 2.34. The van der Waals surface area contributed by atoms with E-state index in [1.54, 1.807) is 6.92 Å². The molecular formula is C11H16F3N3O2. The van der Waals surface area contributed by atoms with Crippen molar-refractivity contribution in [2.75, 3.05) is 25.6 Å². The zero-order chi connectivity index (χ0) is 14.5. The summed E-state index contributed by atoms with van der Waals surface area (Å²) < 4.78 is 41.6. The van der Waals surface area contributed by atoms with Crippen LogP contribution in [-0.2, 0) is 10.9 Å². The van der Waals surface area contributed by atoms with Gasteiger partial charge in [-0.2, -0.15) is 13.2 Å². The van der Waals surface area contributed by atoms with E-state index in [4.69, 9.17) is 4.74 Å². The third-order valence-electron chi connectivity index (χ3n) is 2.45. The van der Waals surface area contributed by atoms with Crippen LogP contribution in [0.2, 0.25) is 0 Å². The number of halogens is 3. The lowest BCUT2D eigenvalue weighted by Gasteiger charge is -2.23. The number of ether oxygens (including phenoxy) is 1. The number of hydrogen-bond donors (Lipinski definition) is 2. The Labute approximate surface area is 108 Å². The summed E-state index contributed by atoms with van der Waals surface area (Å²) in [5.41, 5.74) is -2.09. The molecule has 0 aliphatic rings. The number of aromatic nitrogens is 2. The largest absolute Gasteiger partial charge is 0.435 e. The van der Waals surface area contributed by atoms with Crippen LogP contribution in [0, 0.1) is 0 Å². The van der Waals surface area contributed by atoms with E-state index in [-0.39, 0.29) is 12.4 Å². The van der Waals surface area contributed by atoms with E-state index in [1.807, 2.05) is 0 Å². The van der Waals surface area contributed by atoms with E-state index < -0.39 is 17.5 Å². The lowest BCUT2D eigenvalue weighted by molar-refractivity contribution is -0.141. The van der Waals surface area contributed by atoms with Crippen molar-refractivity contribution in [3.63, 3.8) is 0 Å². The van der Waals surface area contributed by atoms with Gasteiger partial charge in [0.2, 0.25) is 0 Å². The highest BCUT2D eigenvalue weighted by Crippen LogP contribution is 2.27. The monoisotopic (exact) mass is 279 g/mol. The predicted octanol–water partition coefficient (Wildman–Crippen LogP) is 1.69. The first-order valence-electron chi connectivity index (χ1n) is 5.61. The van der Waals surface area contributed by atoms with Crippen molar-refractivity contribution >= 4 is 5.82 Å². The summed E-state index contributed by atoms with van der Waals surface area (Å²) in [6.07, 6.45) is -4.11. The van der Waals surface area contributed by atoms with Crippen molar-refractivity contribution in [3.8, 4) is 0 Å². The average molecular weight is 279 g/mol. The van der Waals surface area contributed by atoms with E-state index in [0.29, 0.717) is 13.0 Å². The minimum Gasteiger partial charge on any atom is -0.388 e. The Hall–Kier alpha value is -1.41. The third kappa shape index (κ3) is 5.39. The summed E-state index contributed by atoms with van der Waals surface area (Å²) in [7, 11) is 1.52. The standard InChI is InChI=1S/C11H16F3N3O2/c1-10(18,5-6-19-2)7-15-9-4-3-8(16-17-9)11(12,13)14/h3-4,18H,5-7H2,1-2H3,(H,15,17). The number of aliphatic hydroxyl groups is 1. The predicted molar refractivity (Wildman–Crippen MR) is 62.6 cm³/mol. The van der Waals surface area contributed by atoms with Crippen LogP contribution < -0.4 is 5.32 Å². The lowest BCUT2D eigenvalue weighted by Crippen LogP contribution is -2.35. The van der Waals surface area contributed by atoms with Crippen LogP contribution in [0.1, 0.15) is 19.0 Å². The number of rotatable bonds is 6. The highest BCUT2D eigenvalue weighted by Gasteiger charge is 2.32. The Morgan fingerprint density at radius 3 is 2.47 bits per heavy atom. The van der Waals surface area contributed by atoms with Crippen LogP contribution in [0.3, 0.4) is 0 Å². The van der Waals surface area contributed by atoms with E-state index in [9.17, 15) is 18.3 Å². The van der Waals surface area contributed by atoms with E-state index >= 15 is 0 Å². The fourth-order valence-electron chi connectivity index (χ4n) is 1.27. The van der Waals surface area contributed by atoms with Gasteiger partial charge < -0.3 is 15.2 Å². The highest BCUT2D eigenvalue weighted by molar-refractivity contribution is 5.33. The zero-order valence-electron chi connectivity index (χ0n) is 10.7. The number of hydrogen-bond acceptors (Lipinski definition) is 5. The summed E-state index contributed by atoms with van der Waals surface area (Å²) in [5, 5.41) is 19.1. The SMILES string of the molecule is COCCC(C)(O)CNc1ccc(C(F)(F)F)nn1. The van der Waals surface area contributed by atoms with Crippen molar-refractivity contribution in [3.05, 3.63) is 17.8 Å².